The lowest BCUT2D eigenvalue weighted by atomic mass is 10.1. The summed E-state index contributed by atoms with van der Waals surface area (Å²) in [4.78, 5) is 0. The second-order valence-corrected chi connectivity index (χ2v) is 3.63. The summed E-state index contributed by atoms with van der Waals surface area (Å²) in [6.07, 6.45) is 2.44. The van der Waals surface area contributed by atoms with E-state index in [4.69, 9.17) is 0 Å². The van der Waals surface area contributed by atoms with E-state index in [2.05, 4.69) is 53.8 Å². The summed E-state index contributed by atoms with van der Waals surface area (Å²) < 4.78 is 1.34. The zero-order valence-electron chi connectivity index (χ0n) is 6.10. The lowest BCUT2D eigenvalue weighted by molar-refractivity contribution is 0.921. The second kappa shape index (κ2) is 3.96. The Balaban J connectivity index is 2.75. The Hall–Kier alpha value is -0.0500. The van der Waals surface area contributed by atoms with E-state index in [1.54, 1.807) is 0 Å². The lowest BCUT2D eigenvalue weighted by Gasteiger charge is -1.97. The van der Waals surface area contributed by atoms with Crippen molar-refractivity contribution in [2.45, 2.75) is 19.8 Å². The molecular formula is C9H11I. The van der Waals surface area contributed by atoms with Crippen molar-refractivity contribution < 1.29 is 0 Å². The molecule has 0 aliphatic rings. The van der Waals surface area contributed by atoms with Gasteiger partial charge in [-0.2, -0.15) is 0 Å². The maximum Gasteiger partial charge on any atom is 0.0133 e. The van der Waals surface area contributed by atoms with Gasteiger partial charge in [-0.05, 0) is 46.7 Å². The van der Waals surface area contributed by atoms with E-state index in [1.807, 2.05) is 0 Å². The standard InChI is InChI=1S/C9H11I/c1-2-4-8-5-3-6-9(10)7-8/h3,5-7H,2,4H2,1H3. The van der Waals surface area contributed by atoms with Gasteiger partial charge in [-0.15, -0.1) is 0 Å². The minimum atomic E-state index is 1.21. The van der Waals surface area contributed by atoms with Crippen molar-refractivity contribution >= 4 is 22.6 Å². The zero-order valence-corrected chi connectivity index (χ0v) is 8.26. The Labute approximate surface area is 75.8 Å². The van der Waals surface area contributed by atoms with Crippen LogP contribution in [0.4, 0.5) is 0 Å². The number of rotatable bonds is 2. The summed E-state index contributed by atoms with van der Waals surface area (Å²) in [5, 5.41) is 0. The molecule has 0 saturated carbocycles. The number of halogens is 1. The molecule has 0 aliphatic carbocycles. The van der Waals surface area contributed by atoms with E-state index in [1.165, 1.54) is 22.0 Å². The van der Waals surface area contributed by atoms with Gasteiger partial charge < -0.3 is 0 Å². The van der Waals surface area contributed by atoms with Gasteiger partial charge in [0.15, 0.2) is 0 Å². The number of hydrogen-bond donors (Lipinski definition) is 0. The third-order valence-electron chi connectivity index (χ3n) is 1.43. The molecule has 54 valence electrons. The van der Waals surface area contributed by atoms with Gasteiger partial charge in [0.2, 0.25) is 0 Å². The normalized spacial score (nSPS) is 9.80. The van der Waals surface area contributed by atoms with Crippen molar-refractivity contribution in [1.82, 2.24) is 0 Å². The number of hydrogen-bond acceptors (Lipinski definition) is 0. The molecule has 1 rings (SSSR count). The van der Waals surface area contributed by atoms with Crippen LogP contribution in [-0.2, 0) is 6.42 Å². The molecule has 0 N–H and O–H groups in total. The molecule has 1 heteroatoms. The van der Waals surface area contributed by atoms with Crippen molar-refractivity contribution in [2.24, 2.45) is 0 Å². The van der Waals surface area contributed by atoms with Gasteiger partial charge in [-0.25, -0.2) is 0 Å². The van der Waals surface area contributed by atoms with Gasteiger partial charge in [-0.3, -0.25) is 0 Å². The summed E-state index contributed by atoms with van der Waals surface area (Å²) in [6, 6.07) is 8.67. The molecule has 0 amide bonds. The maximum atomic E-state index is 2.35. The molecule has 1 aromatic rings. The third-order valence-corrected chi connectivity index (χ3v) is 2.10. The van der Waals surface area contributed by atoms with Gasteiger partial charge in [0.25, 0.3) is 0 Å². The molecule has 0 atom stereocenters. The van der Waals surface area contributed by atoms with Crippen LogP contribution in [-0.4, -0.2) is 0 Å². The second-order valence-electron chi connectivity index (χ2n) is 2.38. The predicted molar refractivity (Wildman–Crippen MR) is 53.2 cm³/mol. The van der Waals surface area contributed by atoms with Crippen molar-refractivity contribution in [1.29, 1.82) is 0 Å². The smallest absolute Gasteiger partial charge is 0.0133 e. The van der Waals surface area contributed by atoms with Crippen molar-refractivity contribution in [2.75, 3.05) is 0 Å². The summed E-state index contributed by atoms with van der Waals surface area (Å²) in [5.74, 6) is 0. The predicted octanol–water partition coefficient (Wildman–Crippen LogP) is 3.24. The van der Waals surface area contributed by atoms with Crippen LogP contribution in [0.5, 0.6) is 0 Å². The van der Waals surface area contributed by atoms with Crippen molar-refractivity contribution in [3.8, 4) is 0 Å². The average molecular weight is 246 g/mol. The van der Waals surface area contributed by atoms with E-state index in [-0.39, 0.29) is 0 Å². The van der Waals surface area contributed by atoms with Gasteiger partial charge in [0, 0.05) is 3.57 Å². The van der Waals surface area contributed by atoms with Crippen LogP contribution in [0.25, 0.3) is 0 Å². The van der Waals surface area contributed by atoms with Crippen molar-refractivity contribution in [3.05, 3.63) is 33.4 Å². The molecule has 0 fully saturated rings. The Morgan fingerprint density at radius 3 is 2.80 bits per heavy atom. The highest BCUT2D eigenvalue weighted by atomic mass is 127. The first-order chi connectivity index (χ1) is 4.83. The van der Waals surface area contributed by atoms with Crippen LogP contribution in [0.15, 0.2) is 24.3 Å². The number of aryl methyl sites for hydroxylation is 1. The Morgan fingerprint density at radius 2 is 2.20 bits per heavy atom. The lowest BCUT2D eigenvalue weighted by Crippen LogP contribution is -1.82. The molecule has 0 heterocycles. The van der Waals surface area contributed by atoms with E-state index >= 15 is 0 Å². The number of benzene rings is 1. The van der Waals surface area contributed by atoms with Crippen LogP contribution >= 0.6 is 22.6 Å². The highest BCUT2D eigenvalue weighted by Gasteiger charge is 1.89. The van der Waals surface area contributed by atoms with Crippen LogP contribution in [0.2, 0.25) is 0 Å². The monoisotopic (exact) mass is 246 g/mol. The molecule has 0 saturated heterocycles. The highest BCUT2D eigenvalue weighted by Crippen LogP contribution is 2.08. The van der Waals surface area contributed by atoms with Crippen LogP contribution in [0.3, 0.4) is 0 Å². The van der Waals surface area contributed by atoms with Crippen LogP contribution < -0.4 is 0 Å². The minimum Gasteiger partial charge on any atom is -0.0651 e. The molecule has 0 aliphatic heterocycles. The Bertz CT molecular complexity index is 206. The minimum absolute atomic E-state index is 1.21. The molecule has 0 nitrogen and oxygen atoms in total. The van der Waals surface area contributed by atoms with Gasteiger partial charge in [0.1, 0.15) is 0 Å². The van der Waals surface area contributed by atoms with E-state index in [0.717, 1.165) is 0 Å². The summed E-state index contributed by atoms with van der Waals surface area (Å²) >= 11 is 2.35. The molecule has 1 aromatic carbocycles. The highest BCUT2D eigenvalue weighted by molar-refractivity contribution is 14.1. The largest absolute Gasteiger partial charge is 0.0651 e. The molecule has 0 radical (unpaired) electrons. The molecule has 0 unspecified atom stereocenters. The molecule has 10 heavy (non-hydrogen) atoms. The quantitative estimate of drug-likeness (QED) is 0.702. The first kappa shape index (κ1) is 8.05. The molecule has 0 aromatic heterocycles. The zero-order chi connectivity index (χ0) is 7.40. The SMILES string of the molecule is CCCc1cccc(I)c1. The van der Waals surface area contributed by atoms with Gasteiger partial charge in [-0.1, -0.05) is 25.5 Å². The first-order valence-electron chi connectivity index (χ1n) is 3.57. The van der Waals surface area contributed by atoms with E-state index < -0.39 is 0 Å². The van der Waals surface area contributed by atoms with Crippen LogP contribution in [0, 0.1) is 3.57 Å². The summed E-state index contributed by atoms with van der Waals surface area (Å²) in [5.41, 5.74) is 1.45. The fourth-order valence-corrected chi connectivity index (χ4v) is 1.59. The molecular weight excluding hydrogens is 235 g/mol. The maximum absolute atomic E-state index is 2.35. The summed E-state index contributed by atoms with van der Waals surface area (Å²) in [6.45, 7) is 2.21. The topological polar surface area (TPSA) is 0 Å². The summed E-state index contributed by atoms with van der Waals surface area (Å²) in [7, 11) is 0. The molecule has 0 spiro atoms. The van der Waals surface area contributed by atoms with Gasteiger partial charge >= 0.3 is 0 Å². The third kappa shape index (κ3) is 2.29. The molecule has 0 bridgehead atoms. The first-order valence-corrected chi connectivity index (χ1v) is 4.65. The van der Waals surface area contributed by atoms with Crippen LogP contribution in [0.1, 0.15) is 18.9 Å². The van der Waals surface area contributed by atoms with Crippen molar-refractivity contribution in [3.63, 3.8) is 0 Å². The van der Waals surface area contributed by atoms with E-state index in [9.17, 15) is 0 Å². The average Bonchev–Trinajstić information content (AvgIpc) is 1.88. The fourth-order valence-electron chi connectivity index (χ4n) is 0.981. The Morgan fingerprint density at radius 1 is 1.40 bits per heavy atom. The Kier molecular flexibility index (Phi) is 3.19. The van der Waals surface area contributed by atoms with Gasteiger partial charge in [0.05, 0.1) is 0 Å². The fraction of sp³-hybridized carbons (Fsp3) is 0.333. The van der Waals surface area contributed by atoms with E-state index in [0.29, 0.717) is 0 Å².